The number of anilines is 1. The number of nitrogens with one attached hydrogen (secondary N) is 1. The molecule has 0 aliphatic rings. The summed E-state index contributed by atoms with van der Waals surface area (Å²) >= 11 is 0. The summed E-state index contributed by atoms with van der Waals surface area (Å²) in [6.07, 6.45) is -4.47. The van der Waals surface area contributed by atoms with Crippen molar-refractivity contribution in [1.29, 1.82) is 0 Å². The van der Waals surface area contributed by atoms with Crippen molar-refractivity contribution in [2.75, 3.05) is 38.2 Å². The first-order chi connectivity index (χ1) is 20.6. The van der Waals surface area contributed by atoms with E-state index in [0.29, 0.717) is 31.7 Å². The monoisotopic (exact) mass is 604 g/mol. The molecule has 2 N–H and O–H groups in total. The van der Waals surface area contributed by atoms with Crippen molar-refractivity contribution in [1.82, 2.24) is 4.90 Å². The molecule has 0 radical (unpaired) electrons. The fourth-order valence-corrected chi connectivity index (χ4v) is 4.03. The summed E-state index contributed by atoms with van der Waals surface area (Å²) in [7, 11) is 0. The van der Waals surface area contributed by atoms with Crippen LogP contribution < -0.4 is 19.5 Å². The summed E-state index contributed by atoms with van der Waals surface area (Å²) in [6.45, 7) is 2.97. The number of carbonyl (C=O) groups is 2. The first-order valence-electron chi connectivity index (χ1n) is 13.8. The highest BCUT2D eigenvalue weighted by molar-refractivity contribution is 5.91. The quantitative estimate of drug-likeness (QED) is 0.172. The van der Waals surface area contributed by atoms with Crippen LogP contribution in [0.1, 0.15) is 25.3 Å². The van der Waals surface area contributed by atoms with Gasteiger partial charge in [0, 0.05) is 19.6 Å². The molecule has 0 aliphatic heterocycles. The molecule has 0 saturated heterocycles. The van der Waals surface area contributed by atoms with E-state index in [-0.39, 0.29) is 31.9 Å². The van der Waals surface area contributed by atoms with Gasteiger partial charge in [-0.2, -0.15) is 0 Å². The van der Waals surface area contributed by atoms with Crippen LogP contribution in [-0.4, -0.2) is 67.4 Å². The molecule has 1 unspecified atom stereocenters. The number of hydrogen-bond donors (Lipinski definition) is 2. The van der Waals surface area contributed by atoms with E-state index in [4.69, 9.17) is 14.2 Å². The van der Waals surface area contributed by atoms with Crippen molar-refractivity contribution in [3.63, 3.8) is 0 Å². The smallest absolute Gasteiger partial charge is 0.494 e. The van der Waals surface area contributed by atoms with Crippen LogP contribution in [0.4, 0.5) is 23.7 Å². The zero-order valence-corrected chi connectivity index (χ0v) is 23.7. The summed E-state index contributed by atoms with van der Waals surface area (Å²) < 4.78 is 59.4. The number of urea groups is 1. The molecule has 3 rings (SSSR count). The maximum Gasteiger partial charge on any atom is 0.573 e. The Balaban J connectivity index is 1.59. The Morgan fingerprint density at radius 3 is 2.19 bits per heavy atom. The van der Waals surface area contributed by atoms with Gasteiger partial charge >= 0.3 is 18.4 Å². The normalized spacial score (nSPS) is 11.8. The molecule has 1 atom stereocenters. The van der Waals surface area contributed by atoms with E-state index in [2.05, 4.69) is 10.1 Å². The maximum absolute atomic E-state index is 13.1. The Labute approximate surface area is 248 Å². The van der Waals surface area contributed by atoms with Crippen molar-refractivity contribution >= 4 is 17.7 Å². The predicted octanol–water partition coefficient (Wildman–Crippen LogP) is 6.39. The van der Waals surface area contributed by atoms with Crippen LogP contribution >= 0.6 is 0 Å². The first-order valence-corrected chi connectivity index (χ1v) is 13.8. The van der Waals surface area contributed by atoms with Crippen LogP contribution in [0, 0.1) is 0 Å². The van der Waals surface area contributed by atoms with Crippen molar-refractivity contribution < 1.29 is 46.8 Å². The lowest BCUT2D eigenvalue weighted by Gasteiger charge is -2.24. The number of carboxylic acid groups (broad SMARTS) is 1. The molecule has 3 aromatic rings. The lowest BCUT2D eigenvalue weighted by Crippen LogP contribution is -2.39. The molecular weight excluding hydrogens is 569 g/mol. The van der Waals surface area contributed by atoms with Gasteiger partial charge in [-0.3, -0.25) is 0 Å². The largest absolute Gasteiger partial charge is 0.573 e. The van der Waals surface area contributed by atoms with Gasteiger partial charge < -0.3 is 34.3 Å². The van der Waals surface area contributed by atoms with Crippen LogP contribution in [0.25, 0.3) is 0 Å². The molecule has 2 amide bonds. The maximum atomic E-state index is 13.1. The summed E-state index contributed by atoms with van der Waals surface area (Å²) in [4.78, 5) is 25.9. The Hall–Kier alpha value is -4.45. The van der Waals surface area contributed by atoms with Gasteiger partial charge in [-0.25, -0.2) is 9.59 Å². The number of amides is 2. The number of rotatable bonds is 17. The molecule has 3 aromatic carbocycles. The lowest BCUT2D eigenvalue weighted by molar-refractivity contribution is -0.274. The zero-order valence-electron chi connectivity index (χ0n) is 23.7. The average Bonchev–Trinajstić information content (AvgIpc) is 2.97. The van der Waals surface area contributed by atoms with E-state index in [1.165, 1.54) is 23.1 Å². The van der Waals surface area contributed by atoms with Crippen LogP contribution in [0.2, 0.25) is 0 Å². The molecule has 0 spiro atoms. The highest BCUT2D eigenvalue weighted by atomic mass is 19.4. The second-order valence-electron chi connectivity index (χ2n) is 9.31. The molecule has 43 heavy (non-hydrogen) atoms. The summed E-state index contributed by atoms with van der Waals surface area (Å²) in [5, 5.41) is 11.8. The van der Waals surface area contributed by atoms with Gasteiger partial charge in [0.15, 0.2) is 11.9 Å². The standard InChI is InChI=1S/C31H35F3N2O7/c1-2-40-28(29(37)38)22-23-14-16-25(17-15-23)42-21-19-36(18-8-9-20-41-24-10-4-3-5-11-24)30(39)35-26-12-6-7-13-27(26)43-31(32,33)34/h3-7,10-17,28H,2,8-9,18-22H2,1H3,(H,35,39)(H,37,38). The molecule has 12 heteroatoms. The van der Waals surface area contributed by atoms with E-state index < -0.39 is 30.2 Å². The number of carbonyl (C=O) groups excluding carboxylic acids is 1. The lowest BCUT2D eigenvalue weighted by atomic mass is 10.1. The van der Waals surface area contributed by atoms with Crippen LogP contribution in [0.15, 0.2) is 78.9 Å². The minimum Gasteiger partial charge on any atom is -0.494 e. The third kappa shape index (κ3) is 12.1. The predicted molar refractivity (Wildman–Crippen MR) is 154 cm³/mol. The van der Waals surface area contributed by atoms with Gasteiger partial charge in [-0.1, -0.05) is 42.5 Å². The Morgan fingerprint density at radius 1 is 0.860 bits per heavy atom. The summed E-state index contributed by atoms with van der Waals surface area (Å²) in [5.74, 6) is -0.327. The number of ether oxygens (including phenoxy) is 4. The topological polar surface area (TPSA) is 107 Å². The SMILES string of the molecule is CCOC(Cc1ccc(OCCN(CCCCOc2ccccc2)C(=O)Nc2ccccc2OC(F)(F)F)cc1)C(=O)O. The van der Waals surface area contributed by atoms with Gasteiger partial charge in [0.25, 0.3) is 0 Å². The van der Waals surface area contributed by atoms with Crippen molar-refractivity contribution in [3.05, 3.63) is 84.4 Å². The fourth-order valence-electron chi connectivity index (χ4n) is 4.03. The number of alkyl halides is 3. The van der Waals surface area contributed by atoms with Crippen LogP contribution in [-0.2, 0) is 16.0 Å². The second kappa shape index (κ2) is 16.9. The van der Waals surface area contributed by atoms with E-state index in [0.717, 1.165) is 17.4 Å². The van der Waals surface area contributed by atoms with Crippen molar-refractivity contribution in [3.8, 4) is 17.2 Å². The molecule has 0 bridgehead atoms. The molecule has 0 heterocycles. The molecule has 0 aromatic heterocycles. The van der Waals surface area contributed by atoms with Gasteiger partial charge in [-0.05, 0) is 61.7 Å². The van der Waals surface area contributed by atoms with Gasteiger partial charge in [0.2, 0.25) is 0 Å². The number of nitrogens with zero attached hydrogens (tertiary/aromatic N) is 1. The van der Waals surface area contributed by atoms with Crippen molar-refractivity contribution in [2.45, 2.75) is 38.7 Å². The van der Waals surface area contributed by atoms with Crippen LogP contribution in [0.5, 0.6) is 17.2 Å². The third-order valence-electron chi connectivity index (χ3n) is 6.09. The average molecular weight is 605 g/mol. The number of unbranched alkanes of at least 4 members (excludes halogenated alkanes) is 1. The molecule has 0 saturated carbocycles. The number of hydrogen-bond acceptors (Lipinski definition) is 6. The number of halogens is 3. The minimum absolute atomic E-state index is 0.102. The molecule has 9 nitrogen and oxygen atoms in total. The van der Waals surface area contributed by atoms with Crippen molar-refractivity contribution in [2.24, 2.45) is 0 Å². The Bertz CT molecular complexity index is 1270. The molecule has 0 fully saturated rings. The summed E-state index contributed by atoms with van der Waals surface area (Å²) in [5.41, 5.74) is 0.636. The van der Waals surface area contributed by atoms with Crippen LogP contribution in [0.3, 0.4) is 0 Å². The van der Waals surface area contributed by atoms with E-state index >= 15 is 0 Å². The highest BCUT2D eigenvalue weighted by Gasteiger charge is 2.32. The second-order valence-corrected chi connectivity index (χ2v) is 9.31. The Kier molecular flexibility index (Phi) is 13.0. The third-order valence-corrected chi connectivity index (χ3v) is 6.09. The van der Waals surface area contributed by atoms with E-state index in [9.17, 15) is 27.9 Å². The number of para-hydroxylation sites is 3. The fraction of sp³-hybridized carbons (Fsp3) is 0.355. The van der Waals surface area contributed by atoms with E-state index in [1.807, 2.05) is 30.3 Å². The summed E-state index contributed by atoms with van der Waals surface area (Å²) in [6, 6.07) is 20.8. The molecular formula is C31H35F3N2O7. The first kappa shape index (κ1) is 33.1. The Morgan fingerprint density at radius 2 is 1.51 bits per heavy atom. The molecule has 232 valence electrons. The number of carboxylic acids is 1. The van der Waals surface area contributed by atoms with Gasteiger partial charge in [0.05, 0.1) is 18.8 Å². The van der Waals surface area contributed by atoms with E-state index in [1.54, 1.807) is 31.2 Å². The van der Waals surface area contributed by atoms with Gasteiger partial charge in [-0.15, -0.1) is 13.2 Å². The minimum atomic E-state index is -4.92. The molecule has 0 aliphatic carbocycles. The zero-order chi connectivity index (χ0) is 31.1. The number of aliphatic carboxylic acids is 1. The number of benzene rings is 3. The van der Waals surface area contributed by atoms with Gasteiger partial charge in [0.1, 0.15) is 18.1 Å². The highest BCUT2D eigenvalue weighted by Crippen LogP contribution is 2.30.